The highest BCUT2D eigenvalue weighted by Gasteiger charge is 2.39. The highest BCUT2D eigenvalue weighted by atomic mass is 32.2. The van der Waals surface area contributed by atoms with Gasteiger partial charge in [0.15, 0.2) is 0 Å². The molecule has 2 aliphatic rings. The van der Waals surface area contributed by atoms with Gasteiger partial charge in [-0.1, -0.05) is 5.16 Å². The molecule has 0 aromatic carbocycles. The third-order valence-electron chi connectivity index (χ3n) is 3.17. The van der Waals surface area contributed by atoms with Crippen LogP contribution in [0.15, 0.2) is 5.16 Å². The van der Waals surface area contributed by atoms with Gasteiger partial charge in [-0.25, -0.2) is 8.42 Å². The van der Waals surface area contributed by atoms with Crippen molar-refractivity contribution in [2.45, 2.75) is 38.1 Å². The topological polar surface area (TPSA) is 96.0 Å². The first-order valence-corrected chi connectivity index (χ1v) is 7.60. The molecule has 3 N–H and O–H groups in total. The van der Waals surface area contributed by atoms with E-state index in [4.69, 9.17) is 10.9 Å². The molecule has 0 saturated heterocycles. The van der Waals surface area contributed by atoms with E-state index in [1.54, 1.807) is 4.31 Å². The van der Waals surface area contributed by atoms with E-state index in [-0.39, 0.29) is 24.1 Å². The Kier molecular flexibility index (Phi) is 3.58. The number of oxime groups is 1. The summed E-state index contributed by atoms with van der Waals surface area (Å²) in [5.74, 6) is 0.696. The van der Waals surface area contributed by atoms with Crippen LogP contribution in [0.2, 0.25) is 0 Å². The summed E-state index contributed by atoms with van der Waals surface area (Å²) in [4.78, 5) is 0. The molecule has 0 heterocycles. The van der Waals surface area contributed by atoms with E-state index < -0.39 is 10.0 Å². The molecule has 0 bridgehead atoms. The van der Waals surface area contributed by atoms with Gasteiger partial charge in [0.1, 0.15) is 5.84 Å². The number of nitrogens with two attached hydrogens (primary N) is 1. The van der Waals surface area contributed by atoms with Crippen LogP contribution in [0.3, 0.4) is 0 Å². The van der Waals surface area contributed by atoms with Crippen molar-refractivity contribution in [2.24, 2.45) is 16.8 Å². The van der Waals surface area contributed by atoms with Gasteiger partial charge < -0.3 is 10.9 Å². The maximum absolute atomic E-state index is 12.1. The fraction of sp³-hybridized carbons (Fsp3) is 0.900. The molecule has 0 aromatic rings. The monoisotopic (exact) mass is 261 g/mol. The standard InChI is InChI=1S/C10H19N3O3S/c11-10(12-14)5-6-13(9-3-4-9)17(15,16)7-8-1-2-8/h8-9,14H,1-7H2,(H2,11,12). The Morgan fingerprint density at radius 2 is 2.00 bits per heavy atom. The van der Waals surface area contributed by atoms with Crippen molar-refractivity contribution in [2.75, 3.05) is 12.3 Å². The van der Waals surface area contributed by atoms with Gasteiger partial charge in [0.25, 0.3) is 0 Å². The van der Waals surface area contributed by atoms with Crippen LogP contribution in [0, 0.1) is 5.92 Å². The number of nitrogens with zero attached hydrogens (tertiary/aromatic N) is 2. The molecule has 0 aliphatic heterocycles. The number of hydrogen-bond acceptors (Lipinski definition) is 4. The van der Waals surface area contributed by atoms with E-state index >= 15 is 0 Å². The summed E-state index contributed by atoms with van der Waals surface area (Å²) in [7, 11) is -3.16. The highest BCUT2D eigenvalue weighted by Crippen LogP contribution is 2.35. The first kappa shape index (κ1) is 12.6. The van der Waals surface area contributed by atoms with Crippen LogP contribution in [-0.2, 0) is 10.0 Å². The Balaban J connectivity index is 1.95. The third-order valence-corrected chi connectivity index (χ3v) is 5.26. The van der Waals surface area contributed by atoms with Crippen molar-refractivity contribution >= 4 is 15.9 Å². The number of sulfonamides is 1. The molecule has 0 aromatic heterocycles. The predicted octanol–water partition coefficient (Wildman–Crippen LogP) is 0.327. The van der Waals surface area contributed by atoms with Gasteiger partial charge in [0, 0.05) is 19.0 Å². The second-order valence-electron chi connectivity index (χ2n) is 4.91. The zero-order chi connectivity index (χ0) is 12.5. The van der Waals surface area contributed by atoms with Crippen LogP contribution in [0.5, 0.6) is 0 Å². The average molecular weight is 261 g/mol. The first-order chi connectivity index (χ1) is 8.03. The summed E-state index contributed by atoms with van der Waals surface area (Å²) in [5, 5.41) is 11.3. The molecular formula is C10H19N3O3S. The van der Waals surface area contributed by atoms with Crippen molar-refractivity contribution in [1.29, 1.82) is 0 Å². The summed E-state index contributed by atoms with van der Waals surface area (Å²) >= 11 is 0. The lowest BCUT2D eigenvalue weighted by Gasteiger charge is -2.21. The van der Waals surface area contributed by atoms with Gasteiger partial charge in [-0.3, -0.25) is 0 Å². The summed E-state index contributed by atoms with van der Waals surface area (Å²) < 4.78 is 25.8. The summed E-state index contributed by atoms with van der Waals surface area (Å²) in [6, 6.07) is 0.144. The Morgan fingerprint density at radius 3 is 2.47 bits per heavy atom. The first-order valence-electron chi connectivity index (χ1n) is 5.99. The fourth-order valence-electron chi connectivity index (χ4n) is 1.86. The molecular weight excluding hydrogens is 242 g/mol. The quantitative estimate of drug-likeness (QED) is 0.299. The largest absolute Gasteiger partial charge is 0.409 e. The van der Waals surface area contributed by atoms with Gasteiger partial charge in [-0.2, -0.15) is 4.31 Å². The molecule has 0 amide bonds. The highest BCUT2D eigenvalue weighted by molar-refractivity contribution is 7.89. The van der Waals surface area contributed by atoms with Gasteiger partial charge in [-0.05, 0) is 31.6 Å². The summed E-state index contributed by atoms with van der Waals surface area (Å²) in [6.07, 6.45) is 4.20. The molecule has 2 fully saturated rings. The molecule has 0 spiro atoms. The molecule has 0 unspecified atom stereocenters. The lowest BCUT2D eigenvalue weighted by Crippen LogP contribution is -2.37. The second kappa shape index (κ2) is 4.81. The number of rotatable bonds is 7. The van der Waals surface area contributed by atoms with Crippen molar-refractivity contribution in [3.8, 4) is 0 Å². The van der Waals surface area contributed by atoms with Crippen LogP contribution < -0.4 is 5.73 Å². The van der Waals surface area contributed by atoms with Crippen LogP contribution in [0.4, 0.5) is 0 Å². The van der Waals surface area contributed by atoms with E-state index in [0.717, 1.165) is 25.7 Å². The van der Waals surface area contributed by atoms with Crippen molar-refractivity contribution in [3.63, 3.8) is 0 Å². The zero-order valence-corrected chi connectivity index (χ0v) is 10.6. The third kappa shape index (κ3) is 3.57. The second-order valence-corrected chi connectivity index (χ2v) is 6.87. The summed E-state index contributed by atoms with van der Waals surface area (Å²) in [6.45, 7) is 0.329. The Labute approximate surface area is 102 Å². The lowest BCUT2D eigenvalue weighted by atomic mass is 10.4. The Bertz CT molecular complexity index is 399. The van der Waals surface area contributed by atoms with Crippen molar-refractivity contribution in [3.05, 3.63) is 0 Å². The molecule has 7 heteroatoms. The fourth-order valence-corrected chi connectivity index (χ4v) is 4.02. The molecule has 6 nitrogen and oxygen atoms in total. The van der Waals surface area contributed by atoms with Crippen molar-refractivity contribution < 1.29 is 13.6 Å². The minimum absolute atomic E-state index is 0.0808. The molecule has 0 atom stereocenters. The Morgan fingerprint density at radius 1 is 1.35 bits per heavy atom. The lowest BCUT2D eigenvalue weighted by molar-refractivity contribution is 0.315. The average Bonchev–Trinajstić information content (AvgIpc) is 3.10. The van der Waals surface area contributed by atoms with Crippen LogP contribution in [-0.4, -0.2) is 42.1 Å². The zero-order valence-electron chi connectivity index (χ0n) is 9.75. The van der Waals surface area contributed by atoms with Gasteiger partial charge in [0.2, 0.25) is 10.0 Å². The molecule has 17 heavy (non-hydrogen) atoms. The molecule has 2 saturated carbocycles. The smallest absolute Gasteiger partial charge is 0.214 e. The van der Waals surface area contributed by atoms with E-state index in [1.165, 1.54) is 0 Å². The maximum atomic E-state index is 12.1. The van der Waals surface area contributed by atoms with Crippen LogP contribution in [0.1, 0.15) is 32.1 Å². The van der Waals surface area contributed by atoms with Gasteiger partial charge >= 0.3 is 0 Å². The maximum Gasteiger partial charge on any atom is 0.214 e. The van der Waals surface area contributed by atoms with E-state index in [0.29, 0.717) is 12.5 Å². The van der Waals surface area contributed by atoms with E-state index in [9.17, 15) is 8.42 Å². The molecule has 2 aliphatic carbocycles. The van der Waals surface area contributed by atoms with Gasteiger partial charge in [0.05, 0.1) is 5.75 Å². The molecule has 0 radical (unpaired) electrons. The predicted molar refractivity (Wildman–Crippen MR) is 64.3 cm³/mol. The molecule has 2 rings (SSSR count). The van der Waals surface area contributed by atoms with Crippen molar-refractivity contribution in [1.82, 2.24) is 4.31 Å². The van der Waals surface area contributed by atoms with Crippen LogP contribution in [0.25, 0.3) is 0 Å². The SMILES string of the molecule is NC(CCN(C1CC1)S(=O)(=O)CC1CC1)=NO. The molecule has 98 valence electrons. The number of hydrogen-bond donors (Lipinski definition) is 2. The van der Waals surface area contributed by atoms with Gasteiger partial charge in [-0.15, -0.1) is 0 Å². The normalized spacial score (nSPS) is 22.1. The van der Waals surface area contributed by atoms with Crippen LogP contribution >= 0.6 is 0 Å². The van der Waals surface area contributed by atoms with E-state index in [2.05, 4.69) is 5.16 Å². The minimum Gasteiger partial charge on any atom is -0.409 e. The van der Waals surface area contributed by atoms with E-state index in [1.807, 2.05) is 0 Å². The minimum atomic E-state index is -3.16. The Hall–Kier alpha value is -0.820. The summed E-state index contributed by atoms with van der Waals surface area (Å²) in [5.41, 5.74) is 5.38. The number of amidine groups is 1.